The van der Waals surface area contributed by atoms with Crippen molar-refractivity contribution in [3.8, 4) is 0 Å². The predicted molar refractivity (Wildman–Crippen MR) is 84.7 cm³/mol. The molecule has 1 aliphatic carbocycles. The minimum absolute atomic E-state index is 0.369. The van der Waals surface area contributed by atoms with Crippen LogP contribution in [0.3, 0.4) is 0 Å². The zero-order valence-electron chi connectivity index (χ0n) is 12.8. The quantitative estimate of drug-likeness (QED) is 0.719. The van der Waals surface area contributed by atoms with Gasteiger partial charge >= 0.3 is 0 Å². The van der Waals surface area contributed by atoms with Crippen LogP contribution in [0.4, 0.5) is 0 Å². The lowest BCUT2D eigenvalue weighted by atomic mass is 10.2. The fourth-order valence-corrected chi connectivity index (χ4v) is 3.80. The SMILES string of the molecule is CCN(CCNS(=O)(=O)c1ccccc1CNC)C1CC1. The first-order valence-electron chi connectivity index (χ1n) is 7.54. The molecule has 1 aromatic carbocycles. The van der Waals surface area contributed by atoms with Gasteiger partial charge in [-0.25, -0.2) is 13.1 Å². The second kappa shape index (κ2) is 7.35. The molecule has 6 heteroatoms. The zero-order valence-corrected chi connectivity index (χ0v) is 13.6. The van der Waals surface area contributed by atoms with Crippen LogP contribution < -0.4 is 10.0 Å². The summed E-state index contributed by atoms with van der Waals surface area (Å²) in [4.78, 5) is 2.70. The summed E-state index contributed by atoms with van der Waals surface area (Å²) in [6.07, 6.45) is 2.48. The Kier molecular flexibility index (Phi) is 5.75. The van der Waals surface area contributed by atoms with Gasteiger partial charge in [0.15, 0.2) is 0 Å². The van der Waals surface area contributed by atoms with Crippen molar-refractivity contribution in [3.63, 3.8) is 0 Å². The summed E-state index contributed by atoms with van der Waals surface area (Å²) in [5, 5.41) is 3.00. The number of hydrogen-bond donors (Lipinski definition) is 2. The van der Waals surface area contributed by atoms with Crippen molar-refractivity contribution in [2.45, 2.75) is 37.2 Å². The van der Waals surface area contributed by atoms with E-state index >= 15 is 0 Å². The maximum absolute atomic E-state index is 12.4. The Bertz CT molecular complexity index is 556. The van der Waals surface area contributed by atoms with E-state index in [1.807, 2.05) is 19.2 Å². The van der Waals surface area contributed by atoms with Gasteiger partial charge in [0.1, 0.15) is 0 Å². The van der Waals surface area contributed by atoms with Gasteiger partial charge in [-0.1, -0.05) is 25.1 Å². The normalized spacial score (nSPS) is 15.6. The third-order valence-corrected chi connectivity index (χ3v) is 5.35. The molecular weight excluding hydrogens is 286 g/mol. The fourth-order valence-electron chi connectivity index (χ4n) is 2.54. The van der Waals surface area contributed by atoms with E-state index in [1.165, 1.54) is 12.8 Å². The number of hydrogen-bond acceptors (Lipinski definition) is 4. The van der Waals surface area contributed by atoms with Crippen molar-refractivity contribution in [1.82, 2.24) is 14.9 Å². The number of nitrogens with zero attached hydrogens (tertiary/aromatic N) is 1. The molecule has 1 fully saturated rings. The largest absolute Gasteiger partial charge is 0.316 e. The summed E-state index contributed by atoms with van der Waals surface area (Å²) in [6, 6.07) is 7.78. The van der Waals surface area contributed by atoms with Gasteiger partial charge in [0.2, 0.25) is 10.0 Å². The molecule has 0 saturated heterocycles. The molecule has 21 heavy (non-hydrogen) atoms. The van der Waals surface area contributed by atoms with E-state index in [9.17, 15) is 8.42 Å². The Balaban J connectivity index is 1.97. The van der Waals surface area contributed by atoms with Crippen LogP contribution in [0.1, 0.15) is 25.3 Å². The van der Waals surface area contributed by atoms with E-state index in [1.54, 1.807) is 12.1 Å². The van der Waals surface area contributed by atoms with Crippen LogP contribution in [0.15, 0.2) is 29.2 Å². The lowest BCUT2D eigenvalue weighted by Gasteiger charge is -2.20. The topological polar surface area (TPSA) is 61.4 Å². The number of rotatable bonds is 9. The fraction of sp³-hybridized carbons (Fsp3) is 0.600. The molecule has 0 radical (unpaired) electrons. The Morgan fingerprint density at radius 1 is 1.29 bits per heavy atom. The summed E-state index contributed by atoms with van der Waals surface area (Å²) in [5.74, 6) is 0. The van der Waals surface area contributed by atoms with Crippen LogP contribution >= 0.6 is 0 Å². The molecule has 5 nitrogen and oxygen atoms in total. The Labute approximate surface area is 127 Å². The second-order valence-corrected chi connectivity index (χ2v) is 7.13. The molecule has 118 valence electrons. The van der Waals surface area contributed by atoms with Gasteiger partial charge in [-0.2, -0.15) is 0 Å². The van der Waals surface area contributed by atoms with Crippen LogP contribution in [-0.4, -0.2) is 46.0 Å². The molecule has 1 saturated carbocycles. The lowest BCUT2D eigenvalue weighted by Crippen LogP contribution is -2.36. The molecule has 0 amide bonds. The molecule has 1 aromatic rings. The molecular formula is C15H25N3O2S. The maximum Gasteiger partial charge on any atom is 0.240 e. The first-order valence-corrected chi connectivity index (χ1v) is 9.03. The predicted octanol–water partition coefficient (Wildman–Crippen LogP) is 1.17. The summed E-state index contributed by atoms with van der Waals surface area (Å²) < 4.78 is 27.6. The number of nitrogens with one attached hydrogen (secondary N) is 2. The molecule has 0 bridgehead atoms. The van der Waals surface area contributed by atoms with E-state index in [-0.39, 0.29) is 0 Å². The van der Waals surface area contributed by atoms with Crippen LogP contribution in [0.25, 0.3) is 0 Å². The summed E-state index contributed by atoms with van der Waals surface area (Å²) in [7, 11) is -1.63. The molecule has 0 atom stereocenters. The van der Waals surface area contributed by atoms with Crippen molar-refractivity contribution in [1.29, 1.82) is 0 Å². The standard InChI is InChI=1S/C15H25N3O2S/c1-3-18(14-8-9-14)11-10-17-21(19,20)15-7-5-4-6-13(15)12-16-2/h4-7,14,16-17H,3,8-12H2,1-2H3. The van der Waals surface area contributed by atoms with Gasteiger partial charge in [0, 0.05) is 25.7 Å². The average molecular weight is 311 g/mol. The summed E-state index contributed by atoms with van der Waals surface area (Å²) >= 11 is 0. The van der Waals surface area contributed by atoms with Crippen LogP contribution in [0, 0.1) is 0 Å². The van der Waals surface area contributed by atoms with Crippen molar-refractivity contribution in [2.24, 2.45) is 0 Å². The van der Waals surface area contributed by atoms with Crippen LogP contribution in [-0.2, 0) is 16.6 Å². The van der Waals surface area contributed by atoms with E-state index in [4.69, 9.17) is 0 Å². The first kappa shape index (κ1) is 16.4. The minimum Gasteiger partial charge on any atom is -0.316 e. The third kappa shape index (κ3) is 4.51. The smallest absolute Gasteiger partial charge is 0.240 e. The van der Waals surface area contributed by atoms with Gasteiger partial charge in [0.05, 0.1) is 4.90 Å². The van der Waals surface area contributed by atoms with E-state index < -0.39 is 10.0 Å². The van der Waals surface area contributed by atoms with Gasteiger partial charge in [0.25, 0.3) is 0 Å². The molecule has 0 aromatic heterocycles. The van der Waals surface area contributed by atoms with Gasteiger partial charge in [-0.05, 0) is 38.1 Å². The Hall–Kier alpha value is -0.950. The first-order chi connectivity index (χ1) is 10.1. The highest BCUT2D eigenvalue weighted by atomic mass is 32.2. The molecule has 1 aliphatic rings. The molecule has 2 rings (SSSR count). The van der Waals surface area contributed by atoms with Gasteiger partial charge in [-0.3, -0.25) is 4.90 Å². The average Bonchev–Trinajstić information content (AvgIpc) is 3.29. The number of benzene rings is 1. The highest BCUT2D eigenvalue weighted by Crippen LogP contribution is 2.25. The Morgan fingerprint density at radius 2 is 2.00 bits per heavy atom. The molecule has 2 N–H and O–H groups in total. The summed E-state index contributed by atoms with van der Waals surface area (Å²) in [6.45, 7) is 4.87. The molecule has 0 unspecified atom stereocenters. The molecule has 0 aliphatic heterocycles. The number of sulfonamides is 1. The monoisotopic (exact) mass is 311 g/mol. The van der Waals surface area contributed by atoms with Crippen LogP contribution in [0.5, 0.6) is 0 Å². The van der Waals surface area contributed by atoms with E-state index in [0.29, 0.717) is 24.0 Å². The van der Waals surface area contributed by atoms with Crippen molar-refractivity contribution < 1.29 is 8.42 Å². The summed E-state index contributed by atoms with van der Waals surface area (Å²) in [5.41, 5.74) is 0.794. The molecule has 0 spiro atoms. The molecule has 0 heterocycles. The van der Waals surface area contributed by atoms with Crippen molar-refractivity contribution >= 4 is 10.0 Å². The maximum atomic E-state index is 12.4. The van der Waals surface area contributed by atoms with Crippen LogP contribution in [0.2, 0.25) is 0 Å². The van der Waals surface area contributed by atoms with Gasteiger partial charge < -0.3 is 5.32 Å². The second-order valence-electron chi connectivity index (χ2n) is 5.40. The number of likely N-dealkylation sites (N-methyl/N-ethyl adjacent to an activating group) is 1. The highest BCUT2D eigenvalue weighted by Gasteiger charge is 2.27. The lowest BCUT2D eigenvalue weighted by molar-refractivity contribution is 0.282. The van der Waals surface area contributed by atoms with E-state index in [2.05, 4.69) is 21.9 Å². The zero-order chi connectivity index (χ0) is 15.3. The van der Waals surface area contributed by atoms with E-state index in [0.717, 1.165) is 18.7 Å². The van der Waals surface area contributed by atoms with Crippen molar-refractivity contribution in [3.05, 3.63) is 29.8 Å². The van der Waals surface area contributed by atoms with Crippen molar-refractivity contribution in [2.75, 3.05) is 26.7 Å². The minimum atomic E-state index is -3.44. The Morgan fingerprint density at radius 3 is 2.62 bits per heavy atom. The highest BCUT2D eigenvalue weighted by molar-refractivity contribution is 7.89. The van der Waals surface area contributed by atoms with Gasteiger partial charge in [-0.15, -0.1) is 0 Å². The third-order valence-electron chi connectivity index (χ3n) is 3.79.